The van der Waals surface area contributed by atoms with Crippen molar-refractivity contribution in [2.75, 3.05) is 19.5 Å². The number of methoxy groups -OCH3 is 2. The molecule has 1 N–H and O–H groups in total. The van der Waals surface area contributed by atoms with E-state index in [9.17, 15) is 14.4 Å². The van der Waals surface area contributed by atoms with Gasteiger partial charge < -0.3 is 14.8 Å². The van der Waals surface area contributed by atoms with Gasteiger partial charge in [0.05, 0.1) is 35.8 Å². The quantitative estimate of drug-likeness (QED) is 0.621. The van der Waals surface area contributed by atoms with Gasteiger partial charge in [-0.05, 0) is 24.6 Å². The summed E-state index contributed by atoms with van der Waals surface area (Å²) < 4.78 is 12.9. The lowest BCUT2D eigenvalue weighted by atomic mass is 10.2. The van der Waals surface area contributed by atoms with Crippen molar-refractivity contribution in [2.24, 2.45) is 0 Å². The molecule has 1 aromatic heterocycles. The number of benzene rings is 2. The molecule has 8 nitrogen and oxygen atoms in total. The monoisotopic (exact) mass is 431 g/mol. The molecule has 3 rings (SSSR count). The van der Waals surface area contributed by atoms with Crippen LogP contribution in [0.1, 0.15) is 13.3 Å². The van der Waals surface area contributed by atoms with Crippen LogP contribution in [0.3, 0.4) is 0 Å². The predicted octanol–water partition coefficient (Wildman–Crippen LogP) is 2.88. The van der Waals surface area contributed by atoms with E-state index in [1.54, 1.807) is 30.3 Å². The van der Waals surface area contributed by atoms with E-state index in [0.29, 0.717) is 39.5 Å². The predicted molar refractivity (Wildman–Crippen MR) is 116 cm³/mol. The zero-order chi connectivity index (χ0) is 21.8. The van der Waals surface area contributed by atoms with Crippen LogP contribution in [0, 0.1) is 0 Å². The second-order valence-electron chi connectivity index (χ2n) is 6.58. The zero-order valence-corrected chi connectivity index (χ0v) is 17.7. The van der Waals surface area contributed by atoms with E-state index in [1.165, 1.54) is 24.9 Å². The van der Waals surface area contributed by atoms with Gasteiger partial charge in [0.25, 0.3) is 5.56 Å². The molecule has 2 aromatic carbocycles. The number of anilines is 1. The average molecular weight is 432 g/mol. The van der Waals surface area contributed by atoms with Crippen LogP contribution in [-0.4, -0.2) is 29.3 Å². The summed E-state index contributed by atoms with van der Waals surface area (Å²) in [5.41, 5.74) is -0.157. The van der Waals surface area contributed by atoms with Crippen molar-refractivity contribution >= 4 is 34.1 Å². The van der Waals surface area contributed by atoms with E-state index in [-0.39, 0.29) is 18.6 Å². The summed E-state index contributed by atoms with van der Waals surface area (Å²) in [5, 5.41) is 3.39. The number of hydrogen-bond donors (Lipinski definition) is 1. The number of amides is 1. The summed E-state index contributed by atoms with van der Waals surface area (Å²) in [6.45, 7) is 1.86. The number of aromatic nitrogens is 2. The van der Waals surface area contributed by atoms with Crippen molar-refractivity contribution in [3.8, 4) is 11.5 Å². The van der Waals surface area contributed by atoms with Gasteiger partial charge in [-0.3, -0.25) is 18.7 Å². The van der Waals surface area contributed by atoms with Gasteiger partial charge in [-0.1, -0.05) is 30.7 Å². The molecule has 0 saturated heterocycles. The first-order valence-electron chi connectivity index (χ1n) is 9.35. The Morgan fingerprint density at radius 2 is 1.77 bits per heavy atom. The maximum absolute atomic E-state index is 12.9. The molecule has 0 radical (unpaired) electrons. The number of carbonyl (C=O) groups excluding carboxylic acids is 1. The maximum atomic E-state index is 12.9. The van der Waals surface area contributed by atoms with Gasteiger partial charge >= 0.3 is 5.69 Å². The van der Waals surface area contributed by atoms with Crippen molar-refractivity contribution in [1.29, 1.82) is 0 Å². The number of hydrogen-bond acceptors (Lipinski definition) is 5. The lowest BCUT2D eigenvalue weighted by Gasteiger charge is -2.15. The zero-order valence-electron chi connectivity index (χ0n) is 16.9. The lowest BCUT2D eigenvalue weighted by molar-refractivity contribution is -0.116. The second-order valence-corrected chi connectivity index (χ2v) is 6.99. The number of rotatable bonds is 7. The van der Waals surface area contributed by atoms with Gasteiger partial charge in [-0.2, -0.15) is 0 Å². The SMILES string of the molecule is CCCn1c(=O)c2ccccc2n(CC(=O)Nc2cc(Cl)c(OC)cc2OC)c1=O. The molecule has 0 aliphatic carbocycles. The van der Waals surface area contributed by atoms with Gasteiger partial charge in [0.15, 0.2) is 0 Å². The smallest absolute Gasteiger partial charge is 0.331 e. The number of halogens is 1. The van der Waals surface area contributed by atoms with Crippen LogP contribution >= 0.6 is 11.6 Å². The Labute approximate surface area is 177 Å². The third-order valence-electron chi connectivity index (χ3n) is 4.63. The van der Waals surface area contributed by atoms with Gasteiger partial charge in [0.2, 0.25) is 5.91 Å². The first-order valence-corrected chi connectivity index (χ1v) is 9.72. The summed E-state index contributed by atoms with van der Waals surface area (Å²) >= 11 is 6.15. The molecule has 0 fully saturated rings. The van der Waals surface area contributed by atoms with Crippen molar-refractivity contribution in [3.05, 3.63) is 62.3 Å². The fraction of sp³-hybridized carbons (Fsp3) is 0.286. The molecule has 1 amide bonds. The number of fused-ring (bicyclic) bond motifs is 1. The first-order chi connectivity index (χ1) is 14.4. The van der Waals surface area contributed by atoms with Crippen molar-refractivity contribution < 1.29 is 14.3 Å². The van der Waals surface area contributed by atoms with Crippen molar-refractivity contribution in [1.82, 2.24) is 9.13 Å². The van der Waals surface area contributed by atoms with Crippen LogP contribution in [0.25, 0.3) is 10.9 Å². The number of para-hydroxylation sites is 1. The minimum Gasteiger partial charge on any atom is -0.495 e. The third-order valence-corrected chi connectivity index (χ3v) is 4.92. The maximum Gasteiger partial charge on any atom is 0.331 e. The highest BCUT2D eigenvalue weighted by molar-refractivity contribution is 6.32. The third kappa shape index (κ3) is 4.04. The number of nitrogens with one attached hydrogen (secondary N) is 1. The summed E-state index contributed by atoms with van der Waals surface area (Å²) in [7, 11) is 2.93. The largest absolute Gasteiger partial charge is 0.495 e. The summed E-state index contributed by atoms with van der Waals surface area (Å²) in [6.07, 6.45) is 0.612. The molecule has 158 valence electrons. The standard InChI is InChI=1S/C21H22ClN3O5/c1-4-9-24-20(27)13-7-5-6-8-16(13)25(21(24)28)12-19(26)23-15-10-14(22)17(29-2)11-18(15)30-3/h5-8,10-11H,4,9,12H2,1-3H3,(H,23,26). The van der Waals surface area contributed by atoms with E-state index in [2.05, 4.69) is 5.32 Å². The van der Waals surface area contributed by atoms with E-state index in [1.807, 2.05) is 6.92 Å². The minimum atomic E-state index is -0.532. The fourth-order valence-corrected chi connectivity index (χ4v) is 3.48. The number of carbonyl (C=O) groups is 1. The highest BCUT2D eigenvalue weighted by atomic mass is 35.5. The van der Waals surface area contributed by atoms with E-state index < -0.39 is 11.6 Å². The molecule has 1 heterocycles. The molecule has 30 heavy (non-hydrogen) atoms. The Kier molecular flexibility index (Phi) is 6.47. The van der Waals surface area contributed by atoms with Crippen LogP contribution in [0.2, 0.25) is 5.02 Å². The van der Waals surface area contributed by atoms with E-state index in [0.717, 1.165) is 4.57 Å². The molecule has 0 unspecified atom stereocenters. The van der Waals surface area contributed by atoms with Crippen molar-refractivity contribution in [3.63, 3.8) is 0 Å². The van der Waals surface area contributed by atoms with Crippen LogP contribution in [0.15, 0.2) is 46.0 Å². The molecule has 9 heteroatoms. The minimum absolute atomic E-state index is 0.270. The molecule has 0 spiro atoms. The molecule has 0 atom stereocenters. The Morgan fingerprint density at radius 1 is 1.07 bits per heavy atom. The Hall–Kier alpha value is -3.26. The fourth-order valence-electron chi connectivity index (χ4n) is 3.24. The average Bonchev–Trinajstić information content (AvgIpc) is 2.74. The molecule has 0 saturated carbocycles. The van der Waals surface area contributed by atoms with Crippen LogP contribution in [0.4, 0.5) is 5.69 Å². The molecule has 0 bridgehead atoms. The topological polar surface area (TPSA) is 91.6 Å². The summed E-state index contributed by atoms with van der Waals surface area (Å²) in [6, 6.07) is 9.79. The van der Waals surface area contributed by atoms with E-state index >= 15 is 0 Å². The molecular formula is C21H22ClN3O5. The summed E-state index contributed by atoms with van der Waals surface area (Å²) in [4.78, 5) is 38.4. The number of ether oxygens (including phenoxy) is 2. The summed E-state index contributed by atoms with van der Waals surface area (Å²) in [5.74, 6) is 0.293. The van der Waals surface area contributed by atoms with Crippen LogP contribution in [-0.2, 0) is 17.9 Å². The highest BCUT2D eigenvalue weighted by Crippen LogP contribution is 2.35. The molecular weight excluding hydrogens is 410 g/mol. The van der Waals surface area contributed by atoms with E-state index in [4.69, 9.17) is 21.1 Å². The van der Waals surface area contributed by atoms with Crippen LogP contribution < -0.4 is 26.0 Å². The Balaban J connectivity index is 2.01. The second kappa shape index (κ2) is 9.04. The van der Waals surface area contributed by atoms with Crippen LogP contribution in [0.5, 0.6) is 11.5 Å². The van der Waals surface area contributed by atoms with Crippen molar-refractivity contribution in [2.45, 2.75) is 26.4 Å². The van der Waals surface area contributed by atoms with Gasteiger partial charge in [0.1, 0.15) is 18.0 Å². The normalized spacial score (nSPS) is 10.8. The first kappa shape index (κ1) is 21.4. The molecule has 3 aromatic rings. The molecule has 0 aliphatic heterocycles. The Bertz CT molecular complexity index is 1220. The van der Waals surface area contributed by atoms with Gasteiger partial charge in [-0.25, -0.2) is 4.79 Å². The Morgan fingerprint density at radius 3 is 2.43 bits per heavy atom. The number of nitrogens with zero attached hydrogens (tertiary/aromatic N) is 2. The van der Waals surface area contributed by atoms with Gasteiger partial charge in [-0.15, -0.1) is 0 Å². The van der Waals surface area contributed by atoms with Gasteiger partial charge in [0, 0.05) is 12.6 Å². The molecule has 0 aliphatic rings. The lowest BCUT2D eigenvalue weighted by Crippen LogP contribution is -2.41. The highest BCUT2D eigenvalue weighted by Gasteiger charge is 2.17.